The van der Waals surface area contributed by atoms with E-state index in [0.29, 0.717) is 35.9 Å². The summed E-state index contributed by atoms with van der Waals surface area (Å²) in [5.74, 6) is 1.03. The average Bonchev–Trinajstić information content (AvgIpc) is 2.73. The van der Waals surface area contributed by atoms with Crippen LogP contribution in [-0.4, -0.2) is 43.0 Å². The van der Waals surface area contributed by atoms with E-state index in [2.05, 4.69) is 11.8 Å². The molecule has 0 atom stereocenters. The maximum Gasteiger partial charge on any atom is 0.253 e. The van der Waals surface area contributed by atoms with Gasteiger partial charge in [-0.05, 0) is 61.2 Å². The molecule has 0 unspecified atom stereocenters. The maximum absolute atomic E-state index is 12.9. The van der Waals surface area contributed by atoms with Gasteiger partial charge in [-0.1, -0.05) is 6.92 Å². The van der Waals surface area contributed by atoms with E-state index >= 15 is 0 Å². The predicted octanol–water partition coefficient (Wildman–Crippen LogP) is 3.19. The van der Waals surface area contributed by atoms with Gasteiger partial charge >= 0.3 is 0 Å². The third kappa shape index (κ3) is 3.54. The number of anilines is 2. The van der Waals surface area contributed by atoms with Crippen LogP contribution in [0.4, 0.5) is 11.4 Å². The number of piperidine rings is 1. The molecular formula is C22H25N3O3. The summed E-state index contributed by atoms with van der Waals surface area (Å²) >= 11 is 0. The molecule has 146 valence electrons. The minimum atomic E-state index is -0.441. The number of ether oxygens (including phenoxy) is 1. The van der Waals surface area contributed by atoms with Crippen LogP contribution in [0, 0.1) is 5.92 Å². The second kappa shape index (κ2) is 7.54. The molecule has 0 saturated carbocycles. The Morgan fingerprint density at radius 3 is 2.36 bits per heavy atom. The van der Waals surface area contributed by atoms with Crippen molar-refractivity contribution >= 4 is 23.2 Å². The van der Waals surface area contributed by atoms with Crippen LogP contribution in [0.2, 0.25) is 0 Å². The normalized spacial score (nSPS) is 17.0. The van der Waals surface area contributed by atoms with Crippen molar-refractivity contribution in [2.75, 3.05) is 31.1 Å². The Labute approximate surface area is 164 Å². The summed E-state index contributed by atoms with van der Waals surface area (Å²) in [5.41, 5.74) is 8.35. The fraction of sp³-hybridized carbons (Fsp3) is 0.364. The number of fused-ring (bicyclic) bond motifs is 1. The third-order valence-electron chi connectivity index (χ3n) is 5.60. The first-order chi connectivity index (χ1) is 13.5. The monoisotopic (exact) mass is 379 g/mol. The molecule has 4 rings (SSSR count). The summed E-state index contributed by atoms with van der Waals surface area (Å²) in [6.07, 6.45) is 2.12. The fourth-order valence-electron chi connectivity index (χ4n) is 3.82. The number of carbonyl (C=O) groups is 2. The number of hydrogen-bond acceptors (Lipinski definition) is 4. The maximum atomic E-state index is 12.9. The largest absolute Gasteiger partial charge is 0.490 e. The van der Waals surface area contributed by atoms with E-state index in [-0.39, 0.29) is 5.91 Å². The Morgan fingerprint density at radius 1 is 1.00 bits per heavy atom. The Bertz CT molecular complexity index is 886. The van der Waals surface area contributed by atoms with Crippen LogP contribution in [0.5, 0.6) is 5.75 Å². The lowest BCUT2D eigenvalue weighted by Crippen LogP contribution is -2.38. The molecule has 2 amide bonds. The van der Waals surface area contributed by atoms with Crippen molar-refractivity contribution in [3.63, 3.8) is 0 Å². The van der Waals surface area contributed by atoms with Gasteiger partial charge in [0.25, 0.3) is 5.91 Å². The second-order valence-electron chi connectivity index (χ2n) is 7.57. The van der Waals surface area contributed by atoms with Gasteiger partial charge in [0, 0.05) is 29.9 Å². The van der Waals surface area contributed by atoms with E-state index in [1.165, 1.54) is 0 Å². The SMILES string of the molecule is CC1CCN(C(=O)c2ccc3c(c2)OCCN3c2ccc(C(N)=O)cc2)CC1. The standard InChI is InChI=1S/C22H25N3O3/c1-15-8-10-24(11-9-15)22(27)17-4-7-19-20(14-17)28-13-12-25(19)18-5-2-16(3-6-18)21(23)26/h2-7,14-15H,8-13H2,1H3,(H2,23,26). The van der Waals surface area contributed by atoms with Crippen molar-refractivity contribution in [2.24, 2.45) is 11.7 Å². The lowest BCUT2D eigenvalue weighted by Gasteiger charge is -2.33. The van der Waals surface area contributed by atoms with E-state index in [0.717, 1.165) is 37.3 Å². The molecule has 0 bridgehead atoms. The predicted molar refractivity (Wildman–Crippen MR) is 108 cm³/mol. The van der Waals surface area contributed by atoms with Crippen LogP contribution < -0.4 is 15.4 Å². The molecule has 2 heterocycles. The van der Waals surface area contributed by atoms with Gasteiger partial charge in [-0.2, -0.15) is 0 Å². The molecule has 1 saturated heterocycles. The first-order valence-corrected chi connectivity index (χ1v) is 9.76. The van der Waals surface area contributed by atoms with E-state index in [9.17, 15) is 9.59 Å². The molecule has 1 fully saturated rings. The van der Waals surface area contributed by atoms with Gasteiger partial charge < -0.3 is 20.3 Å². The topological polar surface area (TPSA) is 75.9 Å². The Morgan fingerprint density at radius 2 is 1.68 bits per heavy atom. The van der Waals surface area contributed by atoms with Crippen molar-refractivity contribution in [1.29, 1.82) is 0 Å². The molecule has 2 aliphatic rings. The highest BCUT2D eigenvalue weighted by atomic mass is 16.5. The number of nitrogens with zero attached hydrogens (tertiary/aromatic N) is 2. The molecule has 28 heavy (non-hydrogen) atoms. The number of hydrogen-bond donors (Lipinski definition) is 1. The minimum absolute atomic E-state index is 0.0706. The molecule has 0 aromatic heterocycles. The zero-order valence-corrected chi connectivity index (χ0v) is 16.1. The molecule has 0 spiro atoms. The van der Waals surface area contributed by atoms with Gasteiger partial charge in [0.1, 0.15) is 12.4 Å². The molecule has 6 heteroatoms. The summed E-state index contributed by atoms with van der Waals surface area (Å²) in [6.45, 7) is 5.09. The van der Waals surface area contributed by atoms with Gasteiger partial charge in [0.05, 0.1) is 12.2 Å². The average molecular weight is 379 g/mol. The summed E-state index contributed by atoms with van der Waals surface area (Å²) in [4.78, 5) is 28.2. The molecular weight excluding hydrogens is 354 g/mol. The lowest BCUT2D eigenvalue weighted by molar-refractivity contribution is 0.0696. The number of rotatable bonds is 3. The van der Waals surface area contributed by atoms with E-state index in [1.54, 1.807) is 12.1 Å². The van der Waals surface area contributed by atoms with Gasteiger partial charge in [0.15, 0.2) is 0 Å². The number of carbonyl (C=O) groups excluding carboxylic acids is 2. The molecule has 2 N–H and O–H groups in total. The number of primary amides is 1. The highest BCUT2D eigenvalue weighted by molar-refractivity contribution is 5.96. The summed E-state index contributed by atoms with van der Waals surface area (Å²) in [6, 6.07) is 12.9. The Hall–Kier alpha value is -3.02. The molecule has 2 aromatic carbocycles. The summed E-state index contributed by atoms with van der Waals surface area (Å²) in [5, 5.41) is 0. The van der Waals surface area contributed by atoms with Gasteiger partial charge in [-0.25, -0.2) is 0 Å². The molecule has 0 radical (unpaired) electrons. The van der Waals surface area contributed by atoms with E-state index in [4.69, 9.17) is 10.5 Å². The Balaban J connectivity index is 1.57. The van der Waals surface area contributed by atoms with E-state index < -0.39 is 5.91 Å². The first kappa shape index (κ1) is 18.3. The van der Waals surface area contributed by atoms with Crippen molar-refractivity contribution in [1.82, 2.24) is 4.90 Å². The van der Waals surface area contributed by atoms with Crippen LogP contribution in [0.25, 0.3) is 0 Å². The highest BCUT2D eigenvalue weighted by Crippen LogP contribution is 2.37. The molecule has 6 nitrogen and oxygen atoms in total. The third-order valence-corrected chi connectivity index (χ3v) is 5.60. The number of benzene rings is 2. The van der Waals surface area contributed by atoms with Crippen LogP contribution in [0.3, 0.4) is 0 Å². The van der Waals surface area contributed by atoms with Crippen LogP contribution >= 0.6 is 0 Å². The van der Waals surface area contributed by atoms with Gasteiger partial charge in [-0.15, -0.1) is 0 Å². The zero-order valence-electron chi connectivity index (χ0n) is 16.1. The number of nitrogens with two attached hydrogens (primary N) is 1. The first-order valence-electron chi connectivity index (χ1n) is 9.76. The van der Waals surface area contributed by atoms with Crippen molar-refractivity contribution in [3.05, 3.63) is 53.6 Å². The quantitative estimate of drug-likeness (QED) is 0.889. The van der Waals surface area contributed by atoms with Crippen LogP contribution in [-0.2, 0) is 0 Å². The van der Waals surface area contributed by atoms with Crippen LogP contribution in [0.15, 0.2) is 42.5 Å². The molecule has 0 aliphatic carbocycles. The fourth-order valence-corrected chi connectivity index (χ4v) is 3.82. The lowest BCUT2D eigenvalue weighted by atomic mass is 9.98. The van der Waals surface area contributed by atoms with Crippen molar-refractivity contribution in [3.8, 4) is 5.75 Å². The highest BCUT2D eigenvalue weighted by Gasteiger charge is 2.25. The van der Waals surface area contributed by atoms with Gasteiger partial charge in [-0.3, -0.25) is 9.59 Å². The Kier molecular flexibility index (Phi) is 4.94. The van der Waals surface area contributed by atoms with Crippen molar-refractivity contribution < 1.29 is 14.3 Å². The number of amides is 2. The smallest absolute Gasteiger partial charge is 0.253 e. The summed E-state index contributed by atoms with van der Waals surface area (Å²) < 4.78 is 5.85. The summed E-state index contributed by atoms with van der Waals surface area (Å²) in [7, 11) is 0. The minimum Gasteiger partial charge on any atom is -0.490 e. The zero-order chi connectivity index (χ0) is 19.7. The number of likely N-dealkylation sites (tertiary alicyclic amines) is 1. The van der Waals surface area contributed by atoms with Crippen molar-refractivity contribution in [2.45, 2.75) is 19.8 Å². The molecule has 2 aliphatic heterocycles. The molecule has 2 aromatic rings. The van der Waals surface area contributed by atoms with Crippen LogP contribution in [0.1, 0.15) is 40.5 Å². The van der Waals surface area contributed by atoms with Gasteiger partial charge in [0.2, 0.25) is 5.91 Å². The van der Waals surface area contributed by atoms with E-state index in [1.807, 2.05) is 35.2 Å². The second-order valence-corrected chi connectivity index (χ2v) is 7.57.